The van der Waals surface area contributed by atoms with Crippen LogP contribution in [0, 0.1) is 22.7 Å². The van der Waals surface area contributed by atoms with Gasteiger partial charge in [-0.2, -0.15) is 23.5 Å². The van der Waals surface area contributed by atoms with Gasteiger partial charge >= 0.3 is 6.18 Å². The predicted octanol–water partition coefficient (Wildman–Crippen LogP) is 8.30. The molecule has 2 N–H and O–H groups in total. The van der Waals surface area contributed by atoms with Crippen molar-refractivity contribution in [2.24, 2.45) is 11.3 Å². The fourth-order valence-corrected chi connectivity index (χ4v) is 7.14. The van der Waals surface area contributed by atoms with E-state index in [9.17, 15) is 23.2 Å². The number of nitrogens with one attached hydrogen (secondary N) is 2. The van der Waals surface area contributed by atoms with E-state index in [1.807, 2.05) is 0 Å². The molecule has 39 heavy (non-hydrogen) atoms. The third-order valence-corrected chi connectivity index (χ3v) is 9.67. The van der Waals surface area contributed by atoms with Gasteiger partial charge in [-0.1, -0.05) is 60.4 Å². The molecule has 3 heterocycles. The van der Waals surface area contributed by atoms with Crippen LogP contribution in [0.5, 0.6) is 0 Å². The van der Waals surface area contributed by atoms with E-state index in [2.05, 4.69) is 58.5 Å². The van der Waals surface area contributed by atoms with E-state index in [4.69, 9.17) is 11.6 Å². The fraction of sp³-hybridized carbons (Fsp3) is 0.444. The number of thiophene rings is 1. The Morgan fingerprint density at radius 3 is 2.59 bits per heavy atom. The summed E-state index contributed by atoms with van der Waals surface area (Å²) in [6, 6.07) is 6.51. The Bertz CT molecular complexity index is 1470. The van der Waals surface area contributed by atoms with Crippen molar-refractivity contribution < 1.29 is 18.0 Å². The normalized spacial score (nSPS) is 20.9. The molecule has 6 nitrogen and oxygen atoms in total. The highest BCUT2D eigenvalue weighted by atomic mass is 79.9. The molecule has 206 valence electrons. The van der Waals surface area contributed by atoms with Gasteiger partial charge in [0.15, 0.2) is 11.7 Å². The molecule has 0 unspecified atom stereocenters. The summed E-state index contributed by atoms with van der Waals surface area (Å²) in [6.45, 7) is 6.57. The number of aromatic nitrogens is 2. The van der Waals surface area contributed by atoms with Crippen molar-refractivity contribution in [3.05, 3.63) is 61.0 Å². The van der Waals surface area contributed by atoms with Crippen molar-refractivity contribution in [1.82, 2.24) is 9.78 Å². The molecule has 0 bridgehead atoms. The molecular weight excluding hydrogens is 615 g/mol. The maximum atomic E-state index is 14.1. The molecule has 0 saturated heterocycles. The zero-order chi connectivity index (χ0) is 28.3. The van der Waals surface area contributed by atoms with Crippen LogP contribution in [0.4, 0.5) is 24.0 Å². The number of benzene rings is 1. The SMILES string of the molecule is CC(C)(C)[C@@H]1CCc2c(sc(NC(=O)c3nn4c(c3Cl)N[C@H](c3ccc(Br)cc3)C[C@H]4C(F)(F)F)c2C#N)C1. The second-order valence-corrected chi connectivity index (χ2v) is 13.5. The molecule has 0 spiro atoms. The molecule has 2 aliphatic rings. The third kappa shape index (κ3) is 5.31. The lowest BCUT2D eigenvalue weighted by atomic mass is 9.72. The third-order valence-electron chi connectivity index (χ3n) is 7.61. The first-order valence-corrected chi connectivity index (χ1v) is 14.5. The van der Waals surface area contributed by atoms with Gasteiger partial charge in [-0.05, 0) is 53.9 Å². The van der Waals surface area contributed by atoms with Gasteiger partial charge in [0.2, 0.25) is 0 Å². The van der Waals surface area contributed by atoms with Crippen molar-refractivity contribution in [1.29, 1.82) is 5.26 Å². The van der Waals surface area contributed by atoms with Crippen LogP contribution in [0.1, 0.15) is 77.8 Å². The van der Waals surface area contributed by atoms with Gasteiger partial charge in [-0.25, -0.2) is 4.68 Å². The summed E-state index contributed by atoms with van der Waals surface area (Å²) < 4.78 is 44.0. The van der Waals surface area contributed by atoms with Gasteiger partial charge in [0.1, 0.15) is 21.9 Å². The lowest BCUT2D eigenvalue weighted by Crippen LogP contribution is -2.35. The maximum Gasteiger partial charge on any atom is 0.410 e. The van der Waals surface area contributed by atoms with E-state index in [0.29, 0.717) is 22.0 Å². The first-order chi connectivity index (χ1) is 18.3. The topological polar surface area (TPSA) is 82.7 Å². The molecule has 0 saturated carbocycles. The Morgan fingerprint density at radius 1 is 1.28 bits per heavy atom. The number of carbonyl (C=O) groups excluding carboxylic acids is 1. The number of halogens is 5. The van der Waals surface area contributed by atoms with Crippen molar-refractivity contribution in [3.8, 4) is 6.07 Å². The zero-order valence-electron chi connectivity index (χ0n) is 21.4. The second kappa shape index (κ2) is 10.1. The quantitative estimate of drug-likeness (QED) is 0.302. The number of hydrogen-bond donors (Lipinski definition) is 2. The summed E-state index contributed by atoms with van der Waals surface area (Å²) in [5.41, 5.74) is 1.77. The highest BCUT2D eigenvalue weighted by molar-refractivity contribution is 9.10. The second-order valence-electron chi connectivity index (χ2n) is 11.1. The van der Waals surface area contributed by atoms with E-state index in [-0.39, 0.29) is 28.4 Å². The van der Waals surface area contributed by atoms with Gasteiger partial charge in [0.05, 0.1) is 11.6 Å². The number of nitrogens with zero attached hydrogens (tertiary/aromatic N) is 3. The predicted molar refractivity (Wildman–Crippen MR) is 149 cm³/mol. The minimum absolute atomic E-state index is 0.0673. The molecule has 12 heteroatoms. The Hall–Kier alpha value is -2.55. The molecule has 3 atom stereocenters. The van der Waals surface area contributed by atoms with Crippen LogP contribution in [0.2, 0.25) is 5.02 Å². The van der Waals surface area contributed by atoms with Gasteiger partial charge in [0.25, 0.3) is 5.91 Å². The first kappa shape index (κ1) is 28.0. The minimum Gasteiger partial charge on any atom is -0.362 e. The minimum atomic E-state index is -4.61. The molecule has 5 rings (SSSR count). The first-order valence-electron chi connectivity index (χ1n) is 12.5. The lowest BCUT2D eigenvalue weighted by Gasteiger charge is -2.33. The van der Waals surface area contributed by atoms with Crippen molar-refractivity contribution in [3.63, 3.8) is 0 Å². The largest absolute Gasteiger partial charge is 0.410 e. The van der Waals surface area contributed by atoms with Crippen LogP contribution >= 0.6 is 38.9 Å². The number of amides is 1. The zero-order valence-corrected chi connectivity index (χ0v) is 24.6. The Morgan fingerprint density at radius 2 is 1.97 bits per heavy atom. The molecule has 1 aliphatic carbocycles. The van der Waals surface area contributed by atoms with Crippen molar-refractivity contribution >= 4 is 55.6 Å². The number of alkyl halides is 3. The monoisotopic (exact) mass is 639 g/mol. The number of anilines is 2. The summed E-state index contributed by atoms with van der Waals surface area (Å²) >= 11 is 11.2. The molecule has 0 fully saturated rings. The number of fused-ring (bicyclic) bond motifs is 2. The van der Waals surface area contributed by atoms with Gasteiger partial charge in [-0.15, -0.1) is 11.3 Å². The summed E-state index contributed by atoms with van der Waals surface area (Å²) in [4.78, 5) is 14.4. The fourth-order valence-electron chi connectivity index (χ4n) is 5.34. The summed E-state index contributed by atoms with van der Waals surface area (Å²) in [6.07, 6.45) is -2.44. The number of nitriles is 1. The molecule has 1 aromatic carbocycles. The van der Waals surface area contributed by atoms with Crippen molar-refractivity contribution in [2.75, 3.05) is 10.6 Å². The van der Waals surface area contributed by atoms with E-state index < -0.39 is 24.2 Å². The van der Waals surface area contributed by atoms with Crippen LogP contribution in [0.3, 0.4) is 0 Å². The highest BCUT2D eigenvalue weighted by Gasteiger charge is 2.48. The Balaban J connectivity index is 1.46. The van der Waals surface area contributed by atoms with Crippen LogP contribution in [-0.4, -0.2) is 21.9 Å². The Labute approximate surface area is 241 Å². The smallest absolute Gasteiger partial charge is 0.362 e. The van der Waals surface area contributed by atoms with E-state index >= 15 is 0 Å². The molecule has 0 radical (unpaired) electrons. The molecule has 1 amide bonds. The summed E-state index contributed by atoms with van der Waals surface area (Å²) in [7, 11) is 0. The van der Waals surface area contributed by atoms with E-state index in [0.717, 1.165) is 38.9 Å². The number of carbonyl (C=O) groups is 1. The average Bonchev–Trinajstić information content (AvgIpc) is 3.39. The molecule has 1 aliphatic heterocycles. The molecule has 2 aromatic heterocycles. The van der Waals surface area contributed by atoms with Crippen molar-refractivity contribution in [2.45, 2.75) is 64.7 Å². The van der Waals surface area contributed by atoms with Crippen LogP contribution in [0.15, 0.2) is 28.7 Å². The standard InChI is InChI=1S/C27H26BrClF3N5OS/c1-26(2,3)14-6-9-16-17(12-33)25(39-19(16)10-14)35-24(38)22-21(29)23-34-18(13-4-7-15(28)8-5-13)11-20(27(30,31)32)37(23)36-22/h4-5,7-8,14,18,20,34H,6,9-11H2,1-3H3,(H,35,38)/t14-,18+,20+/m1/s1. The summed E-state index contributed by atoms with van der Waals surface area (Å²) in [5, 5.41) is 19.8. The van der Waals surface area contributed by atoms with Crippen LogP contribution < -0.4 is 10.6 Å². The number of rotatable bonds is 3. The van der Waals surface area contributed by atoms with Gasteiger partial charge in [-0.3, -0.25) is 4.79 Å². The Kier molecular flexibility index (Phi) is 7.27. The highest BCUT2D eigenvalue weighted by Crippen LogP contribution is 2.47. The van der Waals surface area contributed by atoms with Crippen LogP contribution in [-0.2, 0) is 12.8 Å². The average molecular weight is 641 g/mol. The van der Waals surface area contributed by atoms with Gasteiger partial charge in [0, 0.05) is 15.8 Å². The van der Waals surface area contributed by atoms with Crippen LogP contribution in [0.25, 0.3) is 0 Å². The lowest BCUT2D eigenvalue weighted by molar-refractivity contribution is -0.173. The van der Waals surface area contributed by atoms with E-state index in [1.165, 1.54) is 11.3 Å². The van der Waals surface area contributed by atoms with E-state index in [1.54, 1.807) is 24.3 Å². The summed E-state index contributed by atoms with van der Waals surface area (Å²) in [5.74, 6) is -0.383. The number of hydrogen-bond acceptors (Lipinski definition) is 5. The molecule has 3 aromatic rings. The van der Waals surface area contributed by atoms with Gasteiger partial charge < -0.3 is 10.6 Å². The molecular formula is C27H26BrClF3N5OS. The maximum absolute atomic E-state index is 14.1.